The van der Waals surface area contributed by atoms with Gasteiger partial charge in [-0.3, -0.25) is 0 Å². The number of ether oxygens (including phenoxy) is 2. The van der Waals surface area contributed by atoms with Gasteiger partial charge in [0.15, 0.2) is 0 Å². The number of carboxylic acids is 1. The topological polar surface area (TPSA) is 72.8 Å². The van der Waals surface area contributed by atoms with Gasteiger partial charge in [0, 0.05) is 0 Å². The second kappa shape index (κ2) is 6.16. The molecular formula is C13H16O5. The maximum atomic E-state index is 11.6. The minimum atomic E-state index is -1.98. The van der Waals surface area contributed by atoms with Crippen LogP contribution in [0.3, 0.4) is 0 Å². The fourth-order valence-electron chi connectivity index (χ4n) is 1.28. The first-order chi connectivity index (χ1) is 8.50. The lowest BCUT2D eigenvalue weighted by molar-refractivity contribution is -0.186. The first-order valence-corrected chi connectivity index (χ1v) is 5.59. The molecule has 18 heavy (non-hydrogen) atoms. The Hall–Kier alpha value is -1.88. The number of carboxylic acid groups (broad SMARTS) is 1. The van der Waals surface area contributed by atoms with Crippen LogP contribution >= 0.6 is 0 Å². The molecule has 1 rings (SSSR count). The van der Waals surface area contributed by atoms with E-state index in [2.05, 4.69) is 0 Å². The molecule has 0 heterocycles. The molecule has 1 unspecified atom stereocenters. The summed E-state index contributed by atoms with van der Waals surface area (Å²) in [6, 6.07) is 9.02. The van der Waals surface area contributed by atoms with Gasteiger partial charge in [-0.1, -0.05) is 30.3 Å². The van der Waals surface area contributed by atoms with Gasteiger partial charge in [-0.05, 0) is 19.4 Å². The molecule has 0 aromatic heterocycles. The molecule has 0 radical (unpaired) electrons. The van der Waals surface area contributed by atoms with Crippen LogP contribution in [0.4, 0.5) is 0 Å². The van der Waals surface area contributed by atoms with Gasteiger partial charge in [-0.25, -0.2) is 9.59 Å². The van der Waals surface area contributed by atoms with Crippen molar-refractivity contribution in [1.29, 1.82) is 0 Å². The third kappa shape index (κ3) is 3.30. The number of benzene rings is 1. The molecule has 0 bridgehead atoms. The van der Waals surface area contributed by atoms with Crippen LogP contribution in [0.2, 0.25) is 0 Å². The van der Waals surface area contributed by atoms with Crippen molar-refractivity contribution in [2.24, 2.45) is 0 Å². The van der Waals surface area contributed by atoms with Crippen molar-refractivity contribution in [2.75, 3.05) is 6.61 Å². The average Bonchev–Trinajstić information content (AvgIpc) is 2.37. The van der Waals surface area contributed by atoms with Crippen LogP contribution in [0.15, 0.2) is 30.3 Å². The summed E-state index contributed by atoms with van der Waals surface area (Å²) < 4.78 is 9.93. The van der Waals surface area contributed by atoms with Crippen LogP contribution < -0.4 is 0 Å². The Balaban J connectivity index is 2.75. The lowest BCUT2D eigenvalue weighted by Gasteiger charge is -2.22. The number of carbonyl (C=O) groups excluding carboxylic acids is 1. The van der Waals surface area contributed by atoms with E-state index in [1.54, 1.807) is 31.2 Å². The zero-order chi connectivity index (χ0) is 13.6. The molecule has 0 aliphatic rings. The summed E-state index contributed by atoms with van der Waals surface area (Å²) in [6.07, 6.45) is 0. The van der Waals surface area contributed by atoms with Gasteiger partial charge in [-0.15, -0.1) is 0 Å². The van der Waals surface area contributed by atoms with Crippen LogP contribution in [0, 0.1) is 0 Å². The normalized spacial score (nSPS) is 13.7. The molecule has 1 aromatic carbocycles. The molecule has 0 aliphatic heterocycles. The minimum absolute atomic E-state index is 0.0302. The summed E-state index contributed by atoms with van der Waals surface area (Å²) in [4.78, 5) is 22.7. The molecule has 0 amide bonds. The third-order valence-electron chi connectivity index (χ3n) is 2.44. The van der Waals surface area contributed by atoms with E-state index in [1.807, 2.05) is 6.07 Å². The molecule has 98 valence electrons. The highest BCUT2D eigenvalue weighted by Crippen LogP contribution is 2.16. The van der Waals surface area contributed by atoms with Gasteiger partial charge in [0.05, 0.1) is 13.2 Å². The van der Waals surface area contributed by atoms with E-state index in [0.29, 0.717) is 0 Å². The first kappa shape index (κ1) is 14.2. The van der Waals surface area contributed by atoms with E-state index >= 15 is 0 Å². The van der Waals surface area contributed by atoms with Crippen LogP contribution in [0.1, 0.15) is 19.4 Å². The van der Waals surface area contributed by atoms with E-state index in [9.17, 15) is 9.59 Å². The lowest BCUT2D eigenvalue weighted by Crippen LogP contribution is -2.47. The highest BCUT2D eigenvalue weighted by molar-refractivity contribution is 6.02. The monoisotopic (exact) mass is 252 g/mol. The Morgan fingerprint density at radius 1 is 1.28 bits per heavy atom. The lowest BCUT2D eigenvalue weighted by atomic mass is 10.1. The quantitative estimate of drug-likeness (QED) is 0.615. The predicted octanol–water partition coefficient (Wildman–Crippen LogP) is 1.61. The largest absolute Gasteiger partial charge is 0.479 e. The van der Waals surface area contributed by atoms with Crippen LogP contribution in [-0.4, -0.2) is 29.3 Å². The number of esters is 1. The van der Waals surface area contributed by atoms with Gasteiger partial charge in [0.25, 0.3) is 5.60 Å². The third-order valence-corrected chi connectivity index (χ3v) is 2.44. The SMILES string of the molecule is CCOC(=O)C(C)(OCc1ccccc1)C(=O)O. The van der Waals surface area contributed by atoms with Crippen LogP contribution in [0.25, 0.3) is 0 Å². The van der Waals surface area contributed by atoms with Crippen molar-refractivity contribution in [3.8, 4) is 0 Å². The molecule has 1 aromatic rings. The summed E-state index contributed by atoms with van der Waals surface area (Å²) in [7, 11) is 0. The van der Waals surface area contributed by atoms with Crippen LogP contribution in [-0.2, 0) is 25.7 Å². The summed E-state index contributed by atoms with van der Waals surface area (Å²) >= 11 is 0. The second-order valence-corrected chi connectivity index (χ2v) is 3.83. The van der Waals surface area contributed by atoms with Crippen molar-refractivity contribution in [3.63, 3.8) is 0 Å². The van der Waals surface area contributed by atoms with Gasteiger partial charge >= 0.3 is 11.9 Å². The molecule has 0 saturated heterocycles. The standard InChI is InChI=1S/C13H16O5/c1-3-17-12(16)13(2,11(14)15)18-9-10-7-5-4-6-8-10/h4-8H,3,9H2,1-2H3,(H,14,15). The first-order valence-electron chi connectivity index (χ1n) is 5.59. The molecule has 5 nitrogen and oxygen atoms in total. The van der Waals surface area contributed by atoms with E-state index in [1.165, 1.54) is 6.92 Å². The summed E-state index contributed by atoms with van der Waals surface area (Å²) in [6.45, 7) is 2.94. The van der Waals surface area contributed by atoms with Crippen molar-refractivity contribution in [1.82, 2.24) is 0 Å². The average molecular weight is 252 g/mol. The van der Waals surface area contributed by atoms with Gasteiger partial charge < -0.3 is 14.6 Å². The molecule has 0 spiro atoms. The highest BCUT2D eigenvalue weighted by Gasteiger charge is 2.44. The van der Waals surface area contributed by atoms with Crippen molar-refractivity contribution in [3.05, 3.63) is 35.9 Å². The number of carbonyl (C=O) groups is 2. The van der Waals surface area contributed by atoms with Crippen molar-refractivity contribution >= 4 is 11.9 Å². The minimum Gasteiger partial charge on any atom is -0.479 e. The number of hydrogen-bond donors (Lipinski definition) is 1. The Bertz CT molecular complexity index is 415. The Morgan fingerprint density at radius 2 is 1.89 bits per heavy atom. The summed E-state index contributed by atoms with van der Waals surface area (Å²) in [5.41, 5.74) is -1.19. The van der Waals surface area contributed by atoms with Gasteiger partial charge in [0.1, 0.15) is 0 Å². The number of aliphatic carboxylic acids is 1. The fraction of sp³-hybridized carbons (Fsp3) is 0.385. The summed E-state index contributed by atoms with van der Waals surface area (Å²) in [5, 5.41) is 9.08. The predicted molar refractivity (Wildman–Crippen MR) is 63.9 cm³/mol. The molecule has 1 N–H and O–H groups in total. The van der Waals surface area contributed by atoms with E-state index in [-0.39, 0.29) is 13.2 Å². The Labute approximate surface area is 105 Å². The molecular weight excluding hydrogens is 236 g/mol. The zero-order valence-corrected chi connectivity index (χ0v) is 10.4. The number of hydrogen-bond acceptors (Lipinski definition) is 4. The second-order valence-electron chi connectivity index (χ2n) is 3.83. The maximum Gasteiger partial charge on any atom is 0.349 e. The Morgan fingerprint density at radius 3 is 2.39 bits per heavy atom. The highest BCUT2D eigenvalue weighted by atomic mass is 16.6. The van der Waals surface area contributed by atoms with E-state index < -0.39 is 17.5 Å². The smallest absolute Gasteiger partial charge is 0.349 e. The molecule has 5 heteroatoms. The van der Waals surface area contributed by atoms with Gasteiger partial charge in [0.2, 0.25) is 0 Å². The zero-order valence-electron chi connectivity index (χ0n) is 10.4. The van der Waals surface area contributed by atoms with E-state index in [0.717, 1.165) is 5.56 Å². The maximum absolute atomic E-state index is 11.6. The van der Waals surface area contributed by atoms with Crippen molar-refractivity contribution in [2.45, 2.75) is 26.1 Å². The molecule has 0 aliphatic carbocycles. The number of rotatable bonds is 6. The summed E-state index contributed by atoms with van der Waals surface area (Å²) in [5.74, 6) is -2.26. The molecule has 0 saturated carbocycles. The molecule has 0 fully saturated rings. The Kier molecular flexibility index (Phi) is 4.85. The molecule has 1 atom stereocenters. The van der Waals surface area contributed by atoms with Gasteiger partial charge in [-0.2, -0.15) is 0 Å². The van der Waals surface area contributed by atoms with E-state index in [4.69, 9.17) is 14.6 Å². The van der Waals surface area contributed by atoms with Crippen molar-refractivity contribution < 1.29 is 24.2 Å². The van der Waals surface area contributed by atoms with Crippen LogP contribution in [0.5, 0.6) is 0 Å². The fourth-order valence-corrected chi connectivity index (χ4v) is 1.28.